The molecule has 0 atom stereocenters. The number of benzene rings is 1. The Hall–Kier alpha value is -2.71. The van der Waals surface area contributed by atoms with E-state index in [0.29, 0.717) is 18.0 Å². The van der Waals surface area contributed by atoms with Gasteiger partial charge in [0.2, 0.25) is 10.0 Å². The minimum atomic E-state index is -3.52. The number of pyridine rings is 1. The first-order chi connectivity index (χ1) is 13.9. The van der Waals surface area contributed by atoms with Gasteiger partial charge < -0.3 is 4.98 Å². The first kappa shape index (κ1) is 19.6. The van der Waals surface area contributed by atoms with Crippen LogP contribution in [-0.4, -0.2) is 45.6 Å². The lowest BCUT2D eigenvalue weighted by Crippen LogP contribution is -2.30. The predicted molar refractivity (Wildman–Crippen MR) is 115 cm³/mol. The van der Waals surface area contributed by atoms with Crippen molar-refractivity contribution in [1.29, 1.82) is 0 Å². The minimum Gasteiger partial charge on any atom is -0.339 e. The molecule has 0 aliphatic rings. The summed E-state index contributed by atoms with van der Waals surface area (Å²) in [5.74, 6) is 0. The Bertz CT molecular complexity index is 1300. The van der Waals surface area contributed by atoms with Gasteiger partial charge in [0.25, 0.3) is 0 Å². The number of aromatic amines is 1. The van der Waals surface area contributed by atoms with Crippen LogP contribution < -0.4 is 0 Å². The maximum absolute atomic E-state index is 13.0. The predicted octanol–water partition coefficient (Wildman–Crippen LogP) is 3.71. The Balaban J connectivity index is 1.94. The molecule has 8 heteroatoms. The monoisotopic (exact) mass is 411 g/mol. The standard InChI is InChI=1S/C21H25N5O2S/c1-5-17-18-20-15(13-23-25(20)4)12-22-21(18)24-19(17)14-9-8-10-16(11-14)29(27,28)26(6-2)7-3/h8-13H,5-7H2,1-4H3,(H,22,24). The third-order valence-corrected chi connectivity index (χ3v) is 7.49. The van der Waals surface area contributed by atoms with Crippen molar-refractivity contribution in [3.63, 3.8) is 0 Å². The fraction of sp³-hybridized carbons (Fsp3) is 0.333. The highest BCUT2D eigenvalue weighted by atomic mass is 32.2. The molecule has 4 rings (SSSR count). The number of H-pyrrole nitrogens is 1. The summed E-state index contributed by atoms with van der Waals surface area (Å²) in [4.78, 5) is 8.29. The van der Waals surface area contributed by atoms with E-state index >= 15 is 0 Å². The van der Waals surface area contributed by atoms with Gasteiger partial charge in [0.1, 0.15) is 5.65 Å². The van der Waals surface area contributed by atoms with Gasteiger partial charge >= 0.3 is 0 Å². The molecule has 29 heavy (non-hydrogen) atoms. The lowest BCUT2D eigenvalue weighted by Gasteiger charge is -2.18. The van der Waals surface area contributed by atoms with Crippen LogP contribution in [0.1, 0.15) is 26.3 Å². The number of rotatable bonds is 6. The summed E-state index contributed by atoms with van der Waals surface area (Å²) < 4.78 is 29.3. The summed E-state index contributed by atoms with van der Waals surface area (Å²) in [6.45, 7) is 6.68. The molecule has 0 saturated heterocycles. The van der Waals surface area contributed by atoms with E-state index in [1.54, 1.807) is 18.2 Å². The highest BCUT2D eigenvalue weighted by Crippen LogP contribution is 2.35. The van der Waals surface area contributed by atoms with E-state index in [9.17, 15) is 8.42 Å². The fourth-order valence-corrected chi connectivity index (χ4v) is 5.49. The van der Waals surface area contributed by atoms with Crippen molar-refractivity contribution in [1.82, 2.24) is 24.1 Å². The smallest absolute Gasteiger partial charge is 0.243 e. The van der Waals surface area contributed by atoms with Gasteiger partial charge in [-0.15, -0.1) is 0 Å². The Labute approximate surface area is 170 Å². The Morgan fingerprint density at radius 3 is 2.59 bits per heavy atom. The van der Waals surface area contributed by atoms with Gasteiger partial charge in [0.15, 0.2) is 0 Å². The lowest BCUT2D eigenvalue weighted by molar-refractivity contribution is 0.445. The van der Waals surface area contributed by atoms with Crippen molar-refractivity contribution in [2.45, 2.75) is 32.1 Å². The third kappa shape index (κ3) is 3.03. The van der Waals surface area contributed by atoms with Crippen LogP contribution in [0, 0.1) is 0 Å². The van der Waals surface area contributed by atoms with E-state index in [4.69, 9.17) is 0 Å². The first-order valence-electron chi connectivity index (χ1n) is 9.84. The summed E-state index contributed by atoms with van der Waals surface area (Å²) in [6.07, 6.45) is 4.41. The second-order valence-corrected chi connectivity index (χ2v) is 8.94. The molecule has 7 nitrogen and oxygen atoms in total. The van der Waals surface area contributed by atoms with Gasteiger partial charge in [0, 0.05) is 37.1 Å². The zero-order chi connectivity index (χ0) is 20.8. The topological polar surface area (TPSA) is 83.9 Å². The second kappa shape index (κ2) is 7.27. The Morgan fingerprint density at radius 2 is 1.90 bits per heavy atom. The molecule has 0 saturated carbocycles. The van der Waals surface area contributed by atoms with E-state index < -0.39 is 10.0 Å². The highest BCUT2D eigenvalue weighted by Gasteiger charge is 2.23. The molecule has 0 radical (unpaired) electrons. The summed E-state index contributed by atoms with van der Waals surface area (Å²) in [5.41, 5.74) is 4.66. The molecule has 0 spiro atoms. The number of hydrogen-bond donors (Lipinski definition) is 1. The van der Waals surface area contributed by atoms with Gasteiger partial charge in [-0.25, -0.2) is 13.4 Å². The number of sulfonamides is 1. The summed E-state index contributed by atoms with van der Waals surface area (Å²) in [6, 6.07) is 7.14. The van der Waals surface area contributed by atoms with Crippen LogP contribution in [0.25, 0.3) is 33.2 Å². The van der Waals surface area contributed by atoms with Crippen LogP contribution in [0.3, 0.4) is 0 Å². The van der Waals surface area contributed by atoms with E-state index in [0.717, 1.165) is 45.2 Å². The van der Waals surface area contributed by atoms with Gasteiger partial charge in [-0.3, -0.25) is 4.68 Å². The molecule has 0 aliphatic heterocycles. The fourth-order valence-electron chi connectivity index (χ4n) is 3.99. The highest BCUT2D eigenvalue weighted by molar-refractivity contribution is 7.89. The minimum absolute atomic E-state index is 0.304. The molecule has 0 bridgehead atoms. The van der Waals surface area contributed by atoms with Crippen molar-refractivity contribution < 1.29 is 8.42 Å². The van der Waals surface area contributed by atoms with Gasteiger partial charge in [-0.1, -0.05) is 32.9 Å². The van der Waals surface area contributed by atoms with Crippen LogP contribution in [0.4, 0.5) is 0 Å². The zero-order valence-corrected chi connectivity index (χ0v) is 17.9. The average molecular weight is 412 g/mol. The molecule has 4 aromatic rings. The van der Waals surface area contributed by atoms with E-state index in [1.807, 2.05) is 44.0 Å². The van der Waals surface area contributed by atoms with Crippen molar-refractivity contribution in [2.75, 3.05) is 13.1 Å². The molecule has 3 heterocycles. The molecule has 1 aromatic carbocycles. The number of aromatic nitrogens is 4. The van der Waals surface area contributed by atoms with Crippen molar-refractivity contribution in [3.8, 4) is 11.3 Å². The summed E-state index contributed by atoms with van der Waals surface area (Å²) in [5, 5.41) is 6.39. The maximum Gasteiger partial charge on any atom is 0.243 e. The third-order valence-electron chi connectivity index (χ3n) is 5.44. The van der Waals surface area contributed by atoms with Crippen molar-refractivity contribution >= 4 is 32.0 Å². The molecular weight excluding hydrogens is 386 g/mol. The average Bonchev–Trinajstić information content (AvgIpc) is 3.28. The van der Waals surface area contributed by atoms with Crippen molar-refractivity contribution in [3.05, 3.63) is 42.2 Å². The normalized spacial score (nSPS) is 12.4. The Morgan fingerprint density at radius 1 is 1.14 bits per heavy atom. The van der Waals surface area contributed by atoms with E-state index in [1.165, 1.54) is 4.31 Å². The van der Waals surface area contributed by atoms with Crippen LogP contribution in [0.15, 0.2) is 41.6 Å². The van der Waals surface area contributed by atoms with Crippen LogP contribution in [-0.2, 0) is 23.5 Å². The van der Waals surface area contributed by atoms with Crippen molar-refractivity contribution in [2.24, 2.45) is 7.05 Å². The number of nitrogens with one attached hydrogen (secondary N) is 1. The molecule has 0 amide bonds. The molecule has 3 aromatic heterocycles. The van der Waals surface area contributed by atoms with Gasteiger partial charge in [-0.2, -0.15) is 9.40 Å². The largest absolute Gasteiger partial charge is 0.339 e. The molecule has 0 aliphatic carbocycles. The second-order valence-electron chi connectivity index (χ2n) is 7.00. The SMILES string of the molecule is CCc1c(-c2cccc(S(=O)(=O)N(CC)CC)c2)[nH]c2ncc3cnn(C)c3c12. The summed E-state index contributed by atoms with van der Waals surface area (Å²) >= 11 is 0. The molecule has 152 valence electrons. The van der Waals surface area contributed by atoms with Crippen LogP contribution in [0.2, 0.25) is 0 Å². The van der Waals surface area contributed by atoms with Crippen LogP contribution in [0.5, 0.6) is 0 Å². The molecule has 0 fully saturated rings. The molecular formula is C21H25N5O2S. The number of nitrogens with zero attached hydrogens (tertiary/aromatic N) is 4. The first-order valence-corrected chi connectivity index (χ1v) is 11.3. The maximum atomic E-state index is 13.0. The Kier molecular flexibility index (Phi) is 4.92. The number of aryl methyl sites for hydroxylation is 2. The molecule has 1 N–H and O–H groups in total. The number of fused-ring (bicyclic) bond motifs is 3. The van der Waals surface area contributed by atoms with Crippen LogP contribution >= 0.6 is 0 Å². The quantitative estimate of drug-likeness (QED) is 0.524. The zero-order valence-electron chi connectivity index (χ0n) is 17.1. The van der Waals surface area contributed by atoms with E-state index in [-0.39, 0.29) is 0 Å². The van der Waals surface area contributed by atoms with Gasteiger partial charge in [-0.05, 0) is 29.7 Å². The van der Waals surface area contributed by atoms with E-state index in [2.05, 4.69) is 22.0 Å². The van der Waals surface area contributed by atoms with Gasteiger partial charge in [0.05, 0.1) is 22.3 Å². The summed E-state index contributed by atoms with van der Waals surface area (Å²) in [7, 11) is -1.60. The molecule has 0 unspecified atom stereocenters. The number of hydrogen-bond acceptors (Lipinski definition) is 4. The lowest BCUT2D eigenvalue weighted by atomic mass is 10.0.